The fraction of sp³-hybridized carbons (Fsp3) is 0.369. The van der Waals surface area contributed by atoms with Crippen LogP contribution in [0.2, 0.25) is 25.7 Å². The highest BCUT2D eigenvalue weighted by atomic mass is 32.1. The summed E-state index contributed by atoms with van der Waals surface area (Å²) in [5, 5.41) is 17.1. The van der Waals surface area contributed by atoms with Gasteiger partial charge in [0.25, 0.3) is 17.7 Å². The summed E-state index contributed by atoms with van der Waals surface area (Å²) in [4.78, 5) is 105. The number of aryl methyl sites for hydroxylation is 2. The van der Waals surface area contributed by atoms with Crippen molar-refractivity contribution in [3.8, 4) is 29.1 Å². The van der Waals surface area contributed by atoms with Gasteiger partial charge in [0, 0.05) is 51.7 Å². The molecule has 3 aromatic heterocycles. The number of esters is 1. The summed E-state index contributed by atoms with van der Waals surface area (Å²) in [6, 6.07) is 25.9. The van der Waals surface area contributed by atoms with Crippen molar-refractivity contribution in [2.24, 2.45) is 4.99 Å². The molecule has 0 saturated carbocycles. The van der Waals surface area contributed by atoms with Crippen molar-refractivity contribution < 1.29 is 66.4 Å². The number of likely N-dealkylation sites (N-methyl/N-ethyl adjacent to an activating group) is 1. The van der Waals surface area contributed by atoms with Crippen LogP contribution < -0.4 is 39.9 Å². The van der Waals surface area contributed by atoms with Crippen LogP contribution in [0.1, 0.15) is 72.0 Å². The average molecular weight is 1330 g/mol. The van der Waals surface area contributed by atoms with Crippen LogP contribution in [-0.4, -0.2) is 165 Å². The van der Waals surface area contributed by atoms with E-state index in [9.17, 15) is 33.6 Å². The molecule has 3 N–H and O–H groups in total. The lowest BCUT2D eigenvalue weighted by Crippen LogP contribution is -2.54. The zero-order chi connectivity index (χ0) is 66.2. The fourth-order valence-corrected chi connectivity index (χ4v) is 12.4. The highest BCUT2D eigenvalue weighted by molar-refractivity contribution is 7.16. The average Bonchev–Trinajstić information content (AvgIpc) is 1.62. The maximum absolute atomic E-state index is 15.4. The molecule has 0 bridgehead atoms. The Balaban J connectivity index is 0.710. The van der Waals surface area contributed by atoms with Gasteiger partial charge in [-0.05, 0) is 111 Å². The monoisotopic (exact) mass is 1330 g/mol. The molecule has 4 aromatic carbocycles. The van der Waals surface area contributed by atoms with E-state index in [4.69, 9.17) is 38.4 Å². The number of fused-ring (bicyclic) bond motifs is 2. The Bertz CT molecular complexity index is 4050. The number of hydrogen-bond acceptors (Lipinski definition) is 21. The molecule has 0 spiro atoms. The number of hydrogen-bond donors (Lipinski definition) is 3. The second-order valence-corrected chi connectivity index (χ2v) is 30.7. The van der Waals surface area contributed by atoms with Gasteiger partial charge in [0.05, 0.1) is 61.4 Å². The molecule has 1 saturated heterocycles. The van der Waals surface area contributed by atoms with Crippen molar-refractivity contribution >= 4 is 99.1 Å². The van der Waals surface area contributed by atoms with Crippen LogP contribution in [0.4, 0.5) is 21.2 Å². The van der Waals surface area contributed by atoms with E-state index in [1.807, 2.05) is 37.3 Å². The molecule has 2 aliphatic heterocycles. The van der Waals surface area contributed by atoms with Crippen molar-refractivity contribution in [2.45, 2.75) is 77.7 Å². The number of anilines is 2. The highest BCUT2D eigenvalue weighted by Crippen LogP contribution is 2.35. The van der Waals surface area contributed by atoms with Gasteiger partial charge in [-0.1, -0.05) is 73.2 Å². The smallest absolute Gasteiger partial charge is 0.358 e. The Morgan fingerprint density at radius 1 is 0.860 bits per heavy atom. The van der Waals surface area contributed by atoms with Gasteiger partial charge in [0.2, 0.25) is 17.7 Å². The van der Waals surface area contributed by atoms with Crippen molar-refractivity contribution in [3.63, 3.8) is 0 Å². The molecule has 6 amide bonds. The van der Waals surface area contributed by atoms with Crippen molar-refractivity contribution in [1.29, 1.82) is 0 Å². The lowest BCUT2D eigenvalue weighted by molar-refractivity contribution is -0.136. The second kappa shape index (κ2) is 31.9. The third kappa shape index (κ3) is 18.3. The van der Waals surface area contributed by atoms with Gasteiger partial charge in [0.15, 0.2) is 45.4 Å². The molecular formula is C65H72FN11O13S2Si. The number of methoxy groups -OCH3 is 1. The number of imide groups is 2. The van der Waals surface area contributed by atoms with Crippen molar-refractivity contribution in [1.82, 2.24) is 45.5 Å². The normalized spacial score (nSPS) is 14.0. The maximum Gasteiger partial charge on any atom is 0.358 e. The number of carbonyl (C=O) groups is 7. The molecule has 93 heavy (non-hydrogen) atoms. The molecule has 5 heterocycles. The van der Waals surface area contributed by atoms with Crippen LogP contribution in [0, 0.1) is 24.6 Å². The predicted octanol–water partition coefficient (Wildman–Crippen LogP) is 7.10. The first kappa shape index (κ1) is 68.1. The Kier molecular flexibility index (Phi) is 23.3. The molecule has 1 unspecified atom stereocenters. The number of aromatic nitrogens is 4. The molecular weight excluding hydrogens is 1250 g/mol. The Labute approximate surface area is 545 Å². The third-order valence-corrected chi connectivity index (χ3v) is 18.6. The topological polar surface area (TPSA) is 277 Å². The van der Waals surface area contributed by atoms with Crippen molar-refractivity contribution in [3.05, 3.63) is 140 Å². The molecule has 0 aliphatic carbocycles. The Morgan fingerprint density at radius 3 is 2.38 bits per heavy atom. The van der Waals surface area contributed by atoms with Gasteiger partial charge in [0.1, 0.15) is 30.9 Å². The van der Waals surface area contributed by atoms with Crippen LogP contribution >= 0.6 is 22.7 Å². The maximum atomic E-state index is 15.4. The van der Waals surface area contributed by atoms with Crippen LogP contribution in [0.3, 0.4) is 0 Å². The number of ether oxygens (including phenoxy) is 6. The summed E-state index contributed by atoms with van der Waals surface area (Å²) in [5.74, 6) is 2.85. The van der Waals surface area contributed by atoms with Gasteiger partial charge >= 0.3 is 5.97 Å². The quantitative estimate of drug-likeness (QED) is 0.0133. The number of halogens is 1. The van der Waals surface area contributed by atoms with Gasteiger partial charge in [-0.3, -0.25) is 48.5 Å². The number of nitrogens with one attached hydrogen (secondary N) is 3. The van der Waals surface area contributed by atoms with Gasteiger partial charge in [-0.15, -0.1) is 21.5 Å². The standard InChI is InChI=1S/C65H72FN11O13S2Si/c1-41-35-53(72-73-59(41)71-65-76(40-87-33-34-93(5,6)7)47-15-8-9-17-51(47)91-65)75(3)64-70-58(63(84)90-38-43-19-22-44(85-4)23-20-43)52(92-64)18-12-30-88-49-25-21-42(36-46(49)66)13-11-29-74(2)37-55(79)67-27-31-86-32-28-68-56(80)39-89-50-16-10-14-45-57(50)62(83)77(61(45)82)48-24-26-54(78)69-60(48)81/h8-10,14-17,19-23,25,35-36,48H,12,18,24,26-34,37-40H2,1-7H3,(H,67,79)(H,68,80)(H,69,78,81)/b71-65+. The first-order valence-electron chi connectivity index (χ1n) is 30.0. The lowest BCUT2D eigenvalue weighted by atomic mass is 10.0. The molecule has 24 nitrogen and oxygen atoms in total. The second-order valence-electron chi connectivity index (χ2n) is 23.0. The van der Waals surface area contributed by atoms with E-state index < -0.39 is 62.0 Å². The lowest BCUT2D eigenvalue weighted by Gasteiger charge is -2.27. The number of para-hydroxylation sites is 1. The number of thiazole rings is 2. The van der Waals surface area contributed by atoms with Gasteiger partial charge in [-0.25, -0.2) is 14.2 Å². The van der Waals surface area contributed by atoms with Crippen LogP contribution in [-0.2, 0) is 53.1 Å². The van der Waals surface area contributed by atoms with Crippen LogP contribution in [0.15, 0.2) is 96.0 Å². The molecule has 1 fully saturated rings. The zero-order valence-corrected chi connectivity index (χ0v) is 55.3. The molecule has 7 aromatic rings. The predicted molar refractivity (Wildman–Crippen MR) is 348 cm³/mol. The number of benzene rings is 4. The fourth-order valence-electron chi connectivity index (χ4n) is 9.61. The van der Waals surface area contributed by atoms with E-state index in [0.29, 0.717) is 59.1 Å². The first-order chi connectivity index (χ1) is 44.7. The Hall–Kier alpha value is -9.24. The Morgan fingerprint density at radius 2 is 1.63 bits per heavy atom. The minimum atomic E-state index is -1.28. The summed E-state index contributed by atoms with van der Waals surface area (Å²) in [7, 11) is 3.81. The number of piperidine rings is 1. The molecule has 2 aliphatic rings. The summed E-state index contributed by atoms with van der Waals surface area (Å²) in [5.41, 5.74) is 3.07. The van der Waals surface area contributed by atoms with Gasteiger partial charge in [-0.2, -0.15) is 4.99 Å². The summed E-state index contributed by atoms with van der Waals surface area (Å²) < 4.78 is 52.8. The van der Waals surface area contributed by atoms with E-state index in [1.165, 1.54) is 41.7 Å². The number of carbonyl (C=O) groups excluding carboxylic acids is 7. The largest absolute Gasteiger partial charge is 0.497 e. The minimum absolute atomic E-state index is 0.00167. The van der Waals surface area contributed by atoms with E-state index in [-0.39, 0.29) is 99.7 Å². The van der Waals surface area contributed by atoms with E-state index in [0.717, 1.165) is 37.1 Å². The summed E-state index contributed by atoms with van der Waals surface area (Å²) in [6.07, 6.45) is 0.743. The van der Waals surface area contributed by atoms with Crippen molar-refractivity contribution in [2.75, 3.05) is 85.3 Å². The third-order valence-electron chi connectivity index (χ3n) is 14.6. The number of amides is 6. The van der Waals surface area contributed by atoms with Crippen LogP contribution in [0.25, 0.3) is 10.2 Å². The highest BCUT2D eigenvalue weighted by Gasteiger charge is 2.46. The summed E-state index contributed by atoms with van der Waals surface area (Å²) >= 11 is 2.85. The van der Waals surface area contributed by atoms with E-state index >= 15 is 4.39 Å². The molecule has 9 rings (SSSR count). The van der Waals surface area contributed by atoms with E-state index in [2.05, 4.69) is 74.3 Å². The van der Waals surface area contributed by atoms with Gasteiger partial charge < -0.3 is 44.0 Å². The first-order valence-corrected chi connectivity index (χ1v) is 35.3. The van der Waals surface area contributed by atoms with Crippen LogP contribution in [0.5, 0.6) is 17.2 Å². The SMILES string of the molecule is COc1ccc(COC(=O)c2nc(N(C)c3cc(C)c(/N=c4/sc5ccccc5n4COCC[Si](C)(C)C)nn3)sc2CCCOc2ccc(C#CCN(C)CC(=O)NCCOCCNC(=O)COc3cccc4c3C(=O)N(C3CCC(=O)NC3=O)C4=O)cc2F)cc1. The van der Waals surface area contributed by atoms with E-state index in [1.54, 1.807) is 60.5 Å². The number of nitrogens with zero attached hydrogens (tertiary/aromatic N) is 8. The zero-order valence-electron chi connectivity index (χ0n) is 52.6. The number of rotatable bonds is 30. The molecule has 0 radical (unpaired) electrons. The molecule has 28 heteroatoms. The molecule has 1 atom stereocenters. The summed E-state index contributed by atoms with van der Waals surface area (Å²) in [6.45, 7) is 10.4. The molecule has 488 valence electrons. The minimum Gasteiger partial charge on any atom is -0.497 e.